The van der Waals surface area contributed by atoms with Crippen LogP contribution < -0.4 is 0 Å². The fourth-order valence-electron chi connectivity index (χ4n) is 2.39. The fraction of sp³-hybridized carbons (Fsp3) is 0.467. The highest BCUT2D eigenvalue weighted by molar-refractivity contribution is 6.30. The topological polar surface area (TPSA) is 40.6 Å². The van der Waals surface area contributed by atoms with Crippen molar-refractivity contribution >= 4 is 23.8 Å². The standard InChI is InChI=1S/C15H19ClN2O2/c16-14-4-1-3-13(11-14)12-15(20)18-8-6-17(7-9-18)5-2-10-19/h1,3-4,10-11H,2,5-9,12H2. The number of nitrogens with zero attached hydrogens (tertiary/aromatic N) is 2. The largest absolute Gasteiger partial charge is 0.340 e. The third-order valence-corrected chi connectivity index (χ3v) is 3.77. The Hall–Kier alpha value is -1.39. The molecule has 0 radical (unpaired) electrons. The zero-order chi connectivity index (χ0) is 14.4. The highest BCUT2D eigenvalue weighted by Crippen LogP contribution is 2.12. The maximum Gasteiger partial charge on any atom is 0.227 e. The zero-order valence-corrected chi connectivity index (χ0v) is 12.2. The van der Waals surface area contributed by atoms with E-state index in [4.69, 9.17) is 11.6 Å². The summed E-state index contributed by atoms with van der Waals surface area (Å²) in [6, 6.07) is 7.42. The van der Waals surface area contributed by atoms with E-state index in [1.165, 1.54) is 0 Å². The van der Waals surface area contributed by atoms with Crippen LogP contribution in [0.3, 0.4) is 0 Å². The number of piperazine rings is 1. The van der Waals surface area contributed by atoms with Crippen LogP contribution in [0.4, 0.5) is 0 Å². The molecule has 0 unspecified atom stereocenters. The second kappa shape index (κ2) is 7.41. The van der Waals surface area contributed by atoms with Gasteiger partial charge in [-0.1, -0.05) is 23.7 Å². The van der Waals surface area contributed by atoms with Crippen LogP contribution in [0.2, 0.25) is 5.02 Å². The van der Waals surface area contributed by atoms with Crippen molar-refractivity contribution < 1.29 is 9.59 Å². The van der Waals surface area contributed by atoms with Crippen LogP contribution in [-0.4, -0.2) is 54.7 Å². The Bertz CT molecular complexity index is 471. The Balaban J connectivity index is 1.81. The first-order chi connectivity index (χ1) is 9.69. The lowest BCUT2D eigenvalue weighted by Crippen LogP contribution is -2.49. The molecule has 1 heterocycles. The number of carbonyl (C=O) groups is 2. The molecule has 0 bridgehead atoms. The first-order valence-electron chi connectivity index (χ1n) is 6.87. The van der Waals surface area contributed by atoms with Gasteiger partial charge < -0.3 is 9.69 Å². The molecule has 0 N–H and O–H groups in total. The number of halogens is 1. The van der Waals surface area contributed by atoms with Crippen LogP contribution in [0.1, 0.15) is 12.0 Å². The SMILES string of the molecule is O=CCCN1CCN(C(=O)Cc2cccc(Cl)c2)CC1. The fourth-order valence-corrected chi connectivity index (χ4v) is 2.60. The van der Waals surface area contributed by atoms with E-state index in [1.807, 2.05) is 23.1 Å². The maximum absolute atomic E-state index is 12.2. The van der Waals surface area contributed by atoms with Gasteiger partial charge in [0.05, 0.1) is 6.42 Å². The molecule has 0 saturated carbocycles. The van der Waals surface area contributed by atoms with Crippen LogP contribution in [0.5, 0.6) is 0 Å². The molecule has 1 aromatic rings. The molecular formula is C15H19ClN2O2. The van der Waals surface area contributed by atoms with E-state index < -0.39 is 0 Å². The minimum absolute atomic E-state index is 0.141. The quantitative estimate of drug-likeness (QED) is 0.775. The second-order valence-electron chi connectivity index (χ2n) is 4.98. The van der Waals surface area contributed by atoms with Crippen LogP contribution >= 0.6 is 11.6 Å². The number of aldehydes is 1. The third kappa shape index (κ3) is 4.32. The Morgan fingerprint density at radius 2 is 2.00 bits per heavy atom. The summed E-state index contributed by atoms with van der Waals surface area (Å²) >= 11 is 5.92. The summed E-state index contributed by atoms with van der Waals surface area (Å²) in [5, 5.41) is 0.661. The summed E-state index contributed by atoms with van der Waals surface area (Å²) in [5.74, 6) is 0.141. The minimum atomic E-state index is 0.141. The molecule has 1 aliphatic rings. The molecule has 1 aliphatic heterocycles. The molecule has 0 aromatic heterocycles. The van der Waals surface area contributed by atoms with E-state index in [1.54, 1.807) is 6.07 Å². The highest BCUT2D eigenvalue weighted by Gasteiger charge is 2.20. The third-order valence-electron chi connectivity index (χ3n) is 3.53. The van der Waals surface area contributed by atoms with Gasteiger partial charge in [0.15, 0.2) is 0 Å². The Kier molecular flexibility index (Phi) is 5.56. The summed E-state index contributed by atoms with van der Waals surface area (Å²) in [6.07, 6.45) is 1.90. The maximum atomic E-state index is 12.2. The summed E-state index contributed by atoms with van der Waals surface area (Å²) in [7, 11) is 0. The lowest BCUT2D eigenvalue weighted by molar-refractivity contribution is -0.132. The van der Waals surface area contributed by atoms with E-state index >= 15 is 0 Å². The van der Waals surface area contributed by atoms with Gasteiger partial charge in [-0.3, -0.25) is 9.69 Å². The van der Waals surface area contributed by atoms with Crippen molar-refractivity contribution in [2.24, 2.45) is 0 Å². The predicted molar refractivity (Wildman–Crippen MR) is 78.9 cm³/mol. The van der Waals surface area contributed by atoms with Crippen molar-refractivity contribution in [2.45, 2.75) is 12.8 Å². The average molecular weight is 295 g/mol. The molecule has 108 valence electrons. The molecule has 1 amide bonds. The van der Waals surface area contributed by atoms with Crippen LogP contribution in [0, 0.1) is 0 Å². The van der Waals surface area contributed by atoms with Crippen molar-refractivity contribution in [3.8, 4) is 0 Å². The first kappa shape index (κ1) is 15.0. The van der Waals surface area contributed by atoms with Crippen LogP contribution in [-0.2, 0) is 16.0 Å². The molecule has 20 heavy (non-hydrogen) atoms. The Morgan fingerprint density at radius 1 is 1.25 bits per heavy atom. The summed E-state index contributed by atoms with van der Waals surface area (Å²) in [5.41, 5.74) is 0.950. The summed E-state index contributed by atoms with van der Waals surface area (Å²) in [6.45, 7) is 3.95. The summed E-state index contributed by atoms with van der Waals surface area (Å²) < 4.78 is 0. The normalized spacial score (nSPS) is 16.1. The lowest BCUT2D eigenvalue weighted by atomic mass is 10.1. The van der Waals surface area contributed by atoms with Gasteiger partial charge >= 0.3 is 0 Å². The molecule has 1 fully saturated rings. The smallest absolute Gasteiger partial charge is 0.227 e. The number of hydrogen-bond acceptors (Lipinski definition) is 3. The van der Waals surface area contributed by atoms with Crippen molar-refractivity contribution in [3.05, 3.63) is 34.9 Å². The van der Waals surface area contributed by atoms with Gasteiger partial charge in [0.25, 0.3) is 0 Å². The zero-order valence-electron chi connectivity index (χ0n) is 11.4. The molecular weight excluding hydrogens is 276 g/mol. The van der Waals surface area contributed by atoms with Gasteiger partial charge in [-0.15, -0.1) is 0 Å². The van der Waals surface area contributed by atoms with Gasteiger partial charge in [-0.2, -0.15) is 0 Å². The number of amides is 1. The number of hydrogen-bond donors (Lipinski definition) is 0. The molecule has 0 spiro atoms. The van der Waals surface area contributed by atoms with Crippen molar-refractivity contribution in [1.29, 1.82) is 0 Å². The minimum Gasteiger partial charge on any atom is -0.340 e. The van der Waals surface area contributed by atoms with E-state index in [-0.39, 0.29) is 5.91 Å². The van der Waals surface area contributed by atoms with E-state index in [0.29, 0.717) is 17.9 Å². The lowest BCUT2D eigenvalue weighted by Gasteiger charge is -2.34. The van der Waals surface area contributed by atoms with Gasteiger partial charge in [0.2, 0.25) is 5.91 Å². The molecule has 2 rings (SSSR count). The number of benzene rings is 1. The van der Waals surface area contributed by atoms with Crippen molar-refractivity contribution in [1.82, 2.24) is 9.80 Å². The monoisotopic (exact) mass is 294 g/mol. The van der Waals surface area contributed by atoms with E-state index in [0.717, 1.165) is 44.6 Å². The first-order valence-corrected chi connectivity index (χ1v) is 7.25. The summed E-state index contributed by atoms with van der Waals surface area (Å²) in [4.78, 5) is 26.7. The predicted octanol–water partition coefficient (Wildman–Crippen LogP) is 1.62. The van der Waals surface area contributed by atoms with Crippen LogP contribution in [0.25, 0.3) is 0 Å². The molecule has 1 saturated heterocycles. The van der Waals surface area contributed by atoms with E-state index in [9.17, 15) is 9.59 Å². The number of rotatable bonds is 5. The molecule has 0 atom stereocenters. The van der Waals surface area contributed by atoms with Gasteiger partial charge in [0, 0.05) is 44.2 Å². The molecule has 5 heteroatoms. The highest BCUT2D eigenvalue weighted by atomic mass is 35.5. The Morgan fingerprint density at radius 3 is 2.65 bits per heavy atom. The van der Waals surface area contributed by atoms with Gasteiger partial charge in [0.1, 0.15) is 6.29 Å². The van der Waals surface area contributed by atoms with E-state index in [2.05, 4.69) is 4.90 Å². The van der Waals surface area contributed by atoms with Crippen molar-refractivity contribution in [3.63, 3.8) is 0 Å². The van der Waals surface area contributed by atoms with Crippen LogP contribution in [0.15, 0.2) is 24.3 Å². The molecule has 4 nitrogen and oxygen atoms in total. The number of carbonyl (C=O) groups excluding carboxylic acids is 2. The molecule has 1 aromatic carbocycles. The Labute approximate surface area is 124 Å². The van der Waals surface area contributed by atoms with Gasteiger partial charge in [-0.25, -0.2) is 0 Å². The molecule has 0 aliphatic carbocycles. The average Bonchev–Trinajstić information content (AvgIpc) is 2.45. The van der Waals surface area contributed by atoms with Crippen molar-refractivity contribution in [2.75, 3.05) is 32.7 Å². The van der Waals surface area contributed by atoms with Gasteiger partial charge in [-0.05, 0) is 17.7 Å². The second-order valence-corrected chi connectivity index (χ2v) is 5.42.